The van der Waals surface area contributed by atoms with Gasteiger partial charge < -0.3 is 10.1 Å². The summed E-state index contributed by atoms with van der Waals surface area (Å²) in [6.45, 7) is 3.91. The Balaban J connectivity index is 2.83. The van der Waals surface area contributed by atoms with E-state index in [9.17, 15) is 9.59 Å². The summed E-state index contributed by atoms with van der Waals surface area (Å²) in [6, 6.07) is 5.35. The highest BCUT2D eigenvalue weighted by Gasteiger charge is 2.13. The van der Waals surface area contributed by atoms with Gasteiger partial charge in [0.15, 0.2) is 0 Å². The molecule has 1 amide bonds. The molecule has 0 unspecified atom stereocenters. The second-order valence-corrected chi connectivity index (χ2v) is 5.54. The molecule has 0 fully saturated rings. The molecule has 0 radical (unpaired) electrons. The molecule has 1 aromatic carbocycles. The van der Waals surface area contributed by atoms with Crippen molar-refractivity contribution in [2.45, 2.75) is 19.9 Å². The summed E-state index contributed by atoms with van der Waals surface area (Å²) in [5.74, 6) is -0.372. The van der Waals surface area contributed by atoms with Gasteiger partial charge >= 0.3 is 5.97 Å². The van der Waals surface area contributed by atoms with Crippen molar-refractivity contribution in [2.24, 2.45) is 0 Å². The van der Waals surface area contributed by atoms with Crippen LogP contribution in [0.3, 0.4) is 0 Å². The SMILES string of the molecule is CCCN(CC(=O)NC)Cc1ccc(C(=O)OC)cc1Br. The minimum Gasteiger partial charge on any atom is -0.465 e. The molecule has 0 spiro atoms. The van der Waals surface area contributed by atoms with Gasteiger partial charge in [0.2, 0.25) is 5.91 Å². The molecule has 0 saturated heterocycles. The number of likely N-dealkylation sites (N-methyl/N-ethyl adjacent to an activating group) is 1. The highest BCUT2D eigenvalue weighted by Crippen LogP contribution is 2.21. The Morgan fingerprint density at radius 2 is 2.10 bits per heavy atom. The summed E-state index contributed by atoms with van der Waals surface area (Å²) in [6.07, 6.45) is 0.967. The number of nitrogens with zero attached hydrogens (tertiary/aromatic N) is 1. The molecule has 21 heavy (non-hydrogen) atoms. The zero-order valence-electron chi connectivity index (χ0n) is 12.6. The summed E-state index contributed by atoms with van der Waals surface area (Å²) in [5.41, 5.74) is 1.53. The van der Waals surface area contributed by atoms with E-state index in [1.54, 1.807) is 19.2 Å². The number of halogens is 1. The second-order valence-electron chi connectivity index (χ2n) is 4.68. The number of hydrogen-bond acceptors (Lipinski definition) is 4. The van der Waals surface area contributed by atoms with Gasteiger partial charge in [-0.1, -0.05) is 28.9 Å². The number of esters is 1. The number of carbonyl (C=O) groups is 2. The van der Waals surface area contributed by atoms with E-state index in [-0.39, 0.29) is 11.9 Å². The summed E-state index contributed by atoms with van der Waals surface area (Å²) in [4.78, 5) is 25.1. The van der Waals surface area contributed by atoms with Gasteiger partial charge in [0, 0.05) is 18.1 Å². The molecule has 5 nitrogen and oxygen atoms in total. The van der Waals surface area contributed by atoms with Crippen LogP contribution in [0.4, 0.5) is 0 Å². The van der Waals surface area contributed by atoms with Crippen molar-refractivity contribution in [3.8, 4) is 0 Å². The molecule has 1 aromatic rings. The lowest BCUT2D eigenvalue weighted by atomic mass is 10.1. The molecule has 0 saturated carbocycles. The van der Waals surface area contributed by atoms with Crippen LogP contribution in [0, 0.1) is 0 Å². The summed E-state index contributed by atoms with van der Waals surface area (Å²) in [7, 11) is 2.99. The van der Waals surface area contributed by atoms with Gasteiger partial charge in [0.05, 0.1) is 19.2 Å². The summed E-state index contributed by atoms with van der Waals surface area (Å²) >= 11 is 3.47. The van der Waals surface area contributed by atoms with Crippen molar-refractivity contribution < 1.29 is 14.3 Å². The lowest BCUT2D eigenvalue weighted by Crippen LogP contribution is -2.35. The fourth-order valence-corrected chi connectivity index (χ4v) is 2.48. The molecular formula is C15H21BrN2O3. The largest absolute Gasteiger partial charge is 0.465 e. The van der Waals surface area contributed by atoms with E-state index < -0.39 is 0 Å². The Morgan fingerprint density at radius 1 is 1.38 bits per heavy atom. The van der Waals surface area contributed by atoms with Crippen LogP contribution in [0.25, 0.3) is 0 Å². The average molecular weight is 357 g/mol. The highest BCUT2D eigenvalue weighted by molar-refractivity contribution is 9.10. The van der Waals surface area contributed by atoms with E-state index >= 15 is 0 Å². The van der Waals surface area contributed by atoms with E-state index in [0.717, 1.165) is 23.0 Å². The molecule has 0 bridgehead atoms. The number of carbonyl (C=O) groups excluding carboxylic acids is 2. The smallest absolute Gasteiger partial charge is 0.337 e. The fourth-order valence-electron chi connectivity index (χ4n) is 1.97. The van der Waals surface area contributed by atoms with Crippen LogP contribution in [-0.4, -0.2) is 44.0 Å². The van der Waals surface area contributed by atoms with Gasteiger partial charge in [-0.05, 0) is 30.7 Å². The number of ether oxygens (including phenoxy) is 1. The standard InChI is InChI=1S/C15H21BrN2O3/c1-4-7-18(10-14(19)17-2)9-12-6-5-11(8-13(12)16)15(20)21-3/h5-6,8H,4,7,9-10H2,1-3H3,(H,17,19). The minimum absolute atomic E-state index is 0.00856. The first-order valence-electron chi connectivity index (χ1n) is 6.81. The van der Waals surface area contributed by atoms with Gasteiger partial charge in [0.25, 0.3) is 0 Å². The third-order valence-corrected chi connectivity index (χ3v) is 3.79. The molecule has 0 heterocycles. The number of rotatable bonds is 7. The highest BCUT2D eigenvalue weighted by atomic mass is 79.9. The van der Waals surface area contributed by atoms with E-state index in [0.29, 0.717) is 18.7 Å². The molecule has 6 heteroatoms. The second kappa shape index (κ2) is 8.79. The van der Waals surface area contributed by atoms with Crippen LogP contribution in [0.5, 0.6) is 0 Å². The summed E-state index contributed by atoms with van der Waals surface area (Å²) in [5, 5.41) is 2.63. The van der Waals surface area contributed by atoms with Crippen molar-refractivity contribution in [2.75, 3.05) is 27.2 Å². The van der Waals surface area contributed by atoms with E-state index in [4.69, 9.17) is 4.74 Å². The fraction of sp³-hybridized carbons (Fsp3) is 0.467. The molecule has 0 aliphatic heterocycles. The van der Waals surface area contributed by atoms with Gasteiger partial charge in [-0.25, -0.2) is 4.79 Å². The van der Waals surface area contributed by atoms with Gasteiger partial charge in [-0.3, -0.25) is 9.69 Å². The maximum absolute atomic E-state index is 11.5. The number of hydrogen-bond donors (Lipinski definition) is 1. The first-order valence-corrected chi connectivity index (χ1v) is 7.60. The number of nitrogens with one attached hydrogen (secondary N) is 1. The molecule has 0 atom stereocenters. The van der Waals surface area contributed by atoms with Crippen LogP contribution in [0.1, 0.15) is 29.3 Å². The van der Waals surface area contributed by atoms with Gasteiger partial charge in [-0.15, -0.1) is 0 Å². The maximum atomic E-state index is 11.5. The third kappa shape index (κ3) is 5.47. The molecule has 1 N–H and O–H groups in total. The minimum atomic E-state index is -0.363. The lowest BCUT2D eigenvalue weighted by Gasteiger charge is -2.21. The first kappa shape index (κ1) is 17.7. The number of benzene rings is 1. The van der Waals surface area contributed by atoms with Crippen LogP contribution in [0.2, 0.25) is 0 Å². The predicted octanol–water partition coefficient (Wildman–Crippen LogP) is 2.19. The van der Waals surface area contributed by atoms with Crippen LogP contribution in [-0.2, 0) is 16.1 Å². The Hall–Kier alpha value is -1.40. The van der Waals surface area contributed by atoms with E-state index in [1.807, 2.05) is 6.07 Å². The van der Waals surface area contributed by atoms with Gasteiger partial charge in [0.1, 0.15) is 0 Å². The molecule has 0 aliphatic rings. The van der Waals surface area contributed by atoms with E-state index in [1.165, 1.54) is 7.11 Å². The Kier molecular flexibility index (Phi) is 7.39. The van der Waals surface area contributed by atoms with Crippen LogP contribution < -0.4 is 5.32 Å². The average Bonchev–Trinajstić information content (AvgIpc) is 2.48. The first-order chi connectivity index (χ1) is 10.0. The van der Waals surface area contributed by atoms with Crippen molar-refractivity contribution in [3.63, 3.8) is 0 Å². The van der Waals surface area contributed by atoms with Crippen molar-refractivity contribution in [1.29, 1.82) is 0 Å². The van der Waals surface area contributed by atoms with Crippen LogP contribution >= 0.6 is 15.9 Å². The zero-order chi connectivity index (χ0) is 15.8. The Labute approximate surface area is 133 Å². The third-order valence-electron chi connectivity index (χ3n) is 3.05. The van der Waals surface area contributed by atoms with Crippen molar-refractivity contribution in [3.05, 3.63) is 33.8 Å². The molecular weight excluding hydrogens is 336 g/mol. The lowest BCUT2D eigenvalue weighted by molar-refractivity contribution is -0.121. The maximum Gasteiger partial charge on any atom is 0.337 e. The molecule has 0 aromatic heterocycles. The quantitative estimate of drug-likeness (QED) is 0.760. The van der Waals surface area contributed by atoms with Crippen LogP contribution in [0.15, 0.2) is 22.7 Å². The Bertz CT molecular complexity index is 506. The zero-order valence-corrected chi connectivity index (χ0v) is 14.2. The Morgan fingerprint density at radius 3 is 2.62 bits per heavy atom. The predicted molar refractivity (Wildman–Crippen MR) is 85.1 cm³/mol. The van der Waals surface area contributed by atoms with Crippen molar-refractivity contribution >= 4 is 27.8 Å². The normalized spacial score (nSPS) is 10.5. The van der Waals surface area contributed by atoms with Crippen molar-refractivity contribution in [1.82, 2.24) is 10.2 Å². The number of methoxy groups -OCH3 is 1. The molecule has 0 aliphatic carbocycles. The van der Waals surface area contributed by atoms with Gasteiger partial charge in [-0.2, -0.15) is 0 Å². The van der Waals surface area contributed by atoms with E-state index in [2.05, 4.69) is 33.1 Å². The number of amides is 1. The topological polar surface area (TPSA) is 58.6 Å². The summed E-state index contributed by atoms with van der Waals surface area (Å²) < 4.78 is 5.53. The monoisotopic (exact) mass is 356 g/mol. The molecule has 116 valence electrons. The molecule has 1 rings (SSSR count).